The van der Waals surface area contributed by atoms with Crippen LogP contribution in [0.4, 0.5) is 10.7 Å². The lowest BCUT2D eigenvalue weighted by molar-refractivity contribution is 0.0203. The average molecular weight is 369 g/mol. The maximum absolute atomic E-state index is 12.3. The summed E-state index contributed by atoms with van der Waals surface area (Å²) >= 11 is 3.31. The first-order valence-electron chi connectivity index (χ1n) is 7.54. The summed E-state index contributed by atoms with van der Waals surface area (Å²) in [5, 5.41) is 3.23. The lowest BCUT2D eigenvalue weighted by Gasteiger charge is -2.30. The van der Waals surface area contributed by atoms with E-state index in [4.69, 9.17) is 4.74 Å². The van der Waals surface area contributed by atoms with Crippen LogP contribution in [0.3, 0.4) is 0 Å². The van der Waals surface area contributed by atoms with Gasteiger partial charge in [0, 0.05) is 25.5 Å². The molecule has 1 saturated heterocycles. The van der Waals surface area contributed by atoms with Crippen LogP contribution in [-0.4, -0.2) is 45.7 Å². The molecule has 22 heavy (non-hydrogen) atoms. The highest BCUT2D eigenvalue weighted by Crippen LogP contribution is 2.49. The molecular formula is C15H21BrN4O2. The van der Waals surface area contributed by atoms with E-state index in [0.717, 1.165) is 11.0 Å². The first-order chi connectivity index (χ1) is 10.3. The fraction of sp³-hybridized carbons (Fsp3) is 0.667. The summed E-state index contributed by atoms with van der Waals surface area (Å²) in [5.41, 5.74) is -0.462. The number of anilines is 1. The van der Waals surface area contributed by atoms with E-state index in [9.17, 15) is 4.79 Å². The topological polar surface area (TPSA) is 67.3 Å². The van der Waals surface area contributed by atoms with Gasteiger partial charge < -0.3 is 15.0 Å². The zero-order chi connectivity index (χ0) is 15.9. The number of nitrogens with one attached hydrogen (secondary N) is 1. The van der Waals surface area contributed by atoms with Gasteiger partial charge in [-0.15, -0.1) is 0 Å². The average Bonchev–Trinajstić information content (AvgIpc) is 3.10. The van der Waals surface area contributed by atoms with Gasteiger partial charge in [-0.2, -0.15) is 0 Å². The van der Waals surface area contributed by atoms with Crippen molar-refractivity contribution in [1.29, 1.82) is 0 Å². The highest BCUT2D eigenvalue weighted by molar-refractivity contribution is 9.10. The number of piperidine rings is 1. The van der Waals surface area contributed by atoms with Crippen LogP contribution in [0.25, 0.3) is 0 Å². The van der Waals surface area contributed by atoms with Crippen molar-refractivity contribution in [2.75, 3.05) is 18.4 Å². The Morgan fingerprint density at radius 1 is 1.45 bits per heavy atom. The molecule has 3 rings (SSSR count). The summed E-state index contributed by atoms with van der Waals surface area (Å²) in [6, 6.07) is 0.159. The van der Waals surface area contributed by atoms with Gasteiger partial charge in [0.15, 0.2) is 0 Å². The van der Waals surface area contributed by atoms with Gasteiger partial charge in [-0.1, -0.05) is 0 Å². The molecule has 1 aromatic heterocycles. The Balaban J connectivity index is 1.61. The minimum atomic E-state index is -0.462. The van der Waals surface area contributed by atoms with Gasteiger partial charge in [0.05, 0.1) is 10.5 Å². The monoisotopic (exact) mass is 368 g/mol. The maximum Gasteiger partial charge on any atom is 0.410 e. The second-order valence-electron chi connectivity index (χ2n) is 6.97. The van der Waals surface area contributed by atoms with Crippen LogP contribution in [0.5, 0.6) is 0 Å². The van der Waals surface area contributed by atoms with Gasteiger partial charge in [-0.05, 0) is 55.0 Å². The predicted molar refractivity (Wildman–Crippen MR) is 86.5 cm³/mol. The van der Waals surface area contributed by atoms with Crippen molar-refractivity contribution in [2.24, 2.45) is 11.8 Å². The van der Waals surface area contributed by atoms with Crippen LogP contribution in [0.2, 0.25) is 0 Å². The van der Waals surface area contributed by atoms with E-state index in [0.29, 0.717) is 24.3 Å². The normalized spacial score (nSPS) is 26.5. The molecule has 1 aliphatic heterocycles. The number of carbonyl (C=O) groups is 1. The van der Waals surface area contributed by atoms with Crippen molar-refractivity contribution < 1.29 is 9.53 Å². The third kappa shape index (κ3) is 3.51. The standard InChI is InChI=1S/C15H21BrN4O2/c1-15(2,3)22-14(21)20-8-9-4-11(9)12(20)7-19-13-17-5-10(16)6-18-13/h5-6,9,11-12H,4,7-8H2,1-3H3,(H,17,18,19)/t9-,11-,12-/m1/s1. The third-order valence-corrected chi connectivity index (χ3v) is 4.43. The molecule has 1 N–H and O–H groups in total. The van der Waals surface area contributed by atoms with E-state index in [1.807, 2.05) is 25.7 Å². The van der Waals surface area contributed by atoms with Gasteiger partial charge in [-0.3, -0.25) is 0 Å². The fourth-order valence-corrected chi connectivity index (χ4v) is 3.17. The number of hydrogen-bond donors (Lipinski definition) is 1. The van der Waals surface area contributed by atoms with Crippen LogP contribution >= 0.6 is 15.9 Å². The summed E-state index contributed by atoms with van der Waals surface area (Å²) in [6.07, 6.45) is 4.39. The third-order valence-electron chi connectivity index (χ3n) is 4.02. The Morgan fingerprint density at radius 3 is 2.77 bits per heavy atom. The zero-order valence-corrected chi connectivity index (χ0v) is 14.6. The molecule has 3 atom stereocenters. The predicted octanol–water partition coefficient (Wildman–Crippen LogP) is 2.91. The first-order valence-corrected chi connectivity index (χ1v) is 8.34. The Kier molecular flexibility index (Phi) is 4.01. The Hall–Kier alpha value is -1.37. The number of aromatic nitrogens is 2. The van der Waals surface area contributed by atoms with Crippen molar-refractivity contribution >= 4 is 28.0 Å². The molecule has 0 bridgehead atoms. The number of nitrogens with zero attached hydrogens (tertiary/aromatic N) is 3. The number of halogens is 1. The van der Waals surface area contributed by atoms with Crippen molar-refractivity contribution in [1.82, 2.24) is 14.9 Å². The molecule has 6 nitrogen and oxygen atoms in total. The lowest BCUT2D eigenvalue weighted by atomic mass is 10.2. The van der Waals surface area contributed by atoms with Gasteiger partial charge in [0.2, 0.25) is 5.95 Å². The molecular weight excluding hydrogens is 348 g/mol. The molecule has 7 heteroatoms. The molecule has 0 spiro atoms. The van der Waals surface area contributed by atoms with E-state index >= 15 is 0 Å². The summed E-state index contributed by atoms with van der Waals surface area (Å²) in [7, 11) is 0. The van der Waals surface area contributed by atoms with E-state index in [1.165, 1.54) is 6.42 Å². The number of amides is 1. The van der Waals surface area contributed by atoms with Gasteiger partial charge in [0.1, 0.15) is 5.60 Å². The molecule has 0 radical (unpaired) electrons. The van der Waals surface area contributed by atoms with Crippen LogP contribution < -0.4 is 5.32 Å². The summed E-state index contributed by atoms with van der Waals surface area (Å²) < 4.78 is 6.35. The molecule has 120 valence electrons. The van der Waals surface area contributed by atoms with Crippen molar-refractivity contribution in [2.45, 2.75) is 38.8 Å². The Morgan fingerprint density at radius 2 is 2.14 bits per heavy atom. The molecule has 2 fully saturated rings. The quantitative estimate of drug-likeness (QED) is 0.888. The fourth-order valence-electron chi connectivity index (χ4n) is 2.96. The molecule has 1 saturated carbocycles. The smallest absolute Gasteiger partial charge is 0.410 e. The van der Waals surface area contributed by atoms with Crippen LogP contribution in [0.15, 0.2) is 16.9 Å². The van der Waals surface area contributed by atoms with Crippen LogP contribution in [0, 0.1) is 11.8 Å². The number of likely N-dealkylation sites (tertiary alicyclic amines) is 1. The van der Waals surface area contributed by atoms with Crippen molar-refractivity contribution in [3.05, 3.63) is 16.9 Å². The van der Waals surface area contributed by atoms with Crippen molar-refractivity contribution in [3.63, 3.8) is 0 Å². The largest absolute Gasteiger partial charge is 0.444 e. The van der Waals surface area contributed by atoms with Gasteiger partial charge in [0.25, 0.3) is 0 Å². The summed E-state index contributed by atoms with van der Waals surface area (Å²) in [6.45, 7) is 7.13. The molecule has 1 aromatic rings. The van der Waals surface area contributed by atoms with E-state index < -0.39 is 5.60 Å². The van der Waals surface area contributed by atoms with E-state index in [-0.39, 0.29) is 12.1 Å². The van der Waals surface area contributed by atoms with Crippen LogP contribution in [-0.2, 0) is 4.74 Å². The minimum Gasteiger partial charge on any atom is -0.444 e. The molecule has 0 unspecified atom stereocenters. The molecule has 0 aromatic carbocycles. The van der Waals surface area contributed by atoms with Crippen molar-refractivity contribution in [3.8, 4) is 0 Å². The molecule has 2 heterocycles. The Bertz CT molecular complexity index is 558. The number of fused-ring (bicyclic) bond motifs is 1. The number of ether oxygens (including phenoxy) is 1. The highest BCUT2D eigenvalue weighted by atomic mass is 79.9. The molecule has 1 amide bonds. The second-order valence-corrected chi connectivity index (χ2v) is 7.88. The summed E-state index contributed by atoms with van der Waals surface area (Å²) in [5.74, 6) is 1.79. The molecule has 2 aliphatic rings. The Labute approximate surface area is 138 Å². The second kappa shape index (κ2) is 5.68. The van der Waals surface area contributed by atoms with E-state index in [1.54, 1.807) is 12.4 Å². The lowest BCUT2D eigenvalue weighted by Crippen LogP contribution is -2.45. The number of hydrogen-bond acceptors (Lipinski definition) is 5. The summed E-state index contributed by atoms with van der Waals surface area (Å²) in [4.78, 5) is 22.6. The van der Waals surface area contributed by atoms with Gasteiger partial charge >= 0.3 is 6.09 Å². The minimum absolute atomic E-state index is 0.159. The van der Waals surface area contributed by atoms with Crippen LogP contribution in [0.1, 0.15) is 27.2 Å². The first kappa shape index (κ1) is 15.5. The number of carbonyl (C=O) groups excluding carboxylic acids is 1. The maximum atomic E-state index is 12.3. The molecule has 1 aliphatic carbocycles. The zero-order valence-electron chi connectivity index (χ0n) is 13.0. The number of rotatable bonds is 3. The van der Waals surface area contributed by atoms with E-state index in [2.05, 4.69) is 31.2 Å². The van der Waals surface area contributed by atoms with Gasteiger partial charge in [-0.25, -0.2) is 14.8 Å². The highest BCUT2D eigenvalue weighted by Gasteiger charge is 2.54. The SMILES string of the molecule is CC(C)(C)OC(=O)N1C[C@H]2C[C@H]2[C@H]1CNc1ncc(Br)cn1.